The molecule has 0 aliphatic rings. The van der Waals surface area contributed by atoms with E-state index in [1.807, 2.05) is 0 Å². The predicted molar refractivity (Wildman–Crippen MR) is 81.4 cm³/mol. The quantitative estimate of drug-likeness (QED) is 0.891. The van der Waals surface area contributed by atoms with Crippen LogP contribution in [0.4, 0.5) is 5.13 Å². The summed E-state index contributed by atoms with van der Waals surface area (Å²) in [5, 5.41) is 1.10. The molecule has 0 aliphatic heterocycles. The topological polar surface area (TPSA) is 42.2 Å². The average Bonchev–Trinajstić information content (AvgIpc) is 2.69. The lowest BCUT2D eigenvalue weighted by Gasteiger charge is -2.18. The second-order valence-corrected chi connectivity index (χ2v) is 7.39. The van der Waals surface area contributed by atoms with E-state index in [2.05, 4.69) is 46.6 Å². The number of hydrogen-bond donors (Lipinski definition) is 1. The van der Waals surface area contributed by atoms with Gasteiger partial charge in [-0.05, 0) is 12.3 Å². The molecule has 0 bridgehead atoms. The van der Waals surface area contributed by atoms with Gasteiger partial charge in [-0.1, -0.05) is 34.6 Å². The molecule has 0 saturated carbocycles. The lowest BCUT2D eigenvalue weighted by molar-refractivity contribution is 0.563. The summed E-state index contributed by atoms with van der Waals surface area (Å²) >= 11 is 1.74. The van der Waals surface area contributed by atoms with Crippen molar-refractivity contribution in [2.24, 2.45) is 11.7 Å². The van der Waals surface area contributed by atoms with Gasteiger partial charge in [0.15, 0.2) is 5.13 Å². The maximum Gasteiger partial charge on any atom is 0.185 e. The Bertz CT molecular complexity index is 377. The molecule has 0 spiro atoms. The van der Waals surface area contributed by atoms with Crippen LogP contribution in [0.25, 0.3) is 0 Å². The minimum atomic E-state index is 0.0718. The van der Waals surface area contributed by atoms with Crippen LogP contribution in [-0.4, -0.2) is 18.6 Å². The summed E-state index contributed by atoms with van der Waals surface area (Å²) < 4.78 is 0. The lowest BCUT2D eigenvalue weighted by Crippen LogP contribution is -2.20. The van der Waals surface area contributed by atoms with Crippen molar-refractivity contribution in [2.45, 2.75) is 53.0 Å². The van der Waals surface area contributed by atoms with E-state index < -0.39 is 0 Å². The van der Waals surface area contributed by atoms with Crippen LogP contribution in [0.5, 0.6) is 0 Å². The zero-order valence-corrected chi connectivity index (χ0v) is 13.4. The predicted octanol–water partition coefficient (Wildman–Crippen LogP) is 3.38. The highest BCUT2D eigenvalue weighted by molar-refractivity contribution is 7.15. The van der Waals surface area contributed by atoms with Crippen LogP contribution < -0.4 is 10.6 Å². The van der Waals surface area contributed by atoms with Crippen LogP contribution in [0, 0.1) is 5.92 Å². The Morgan fingerprint density at radius 1 is 1.33 bits per heavy atom. The van der Waals surface area contributed by atoms with Crippen molar-refractivity contribution in [3.8, 4) is 0 Å². The molecule has 1 aromatic heterocycles. The molecule has 1 rings (SSSR count). The van der Waals surface area contributed by atoms with Gasteiger partial charge in [-0.3, -0.25) is 0 Å². The van der Waals surface area contributed by atoms with Gasteiger partial charge in [0.05, 0.1) is 5.69 Å². The number of hydrogen-bond acceptors (Lipinski definition) is 4. The fourth-order valence-electron chi connectivity index (χ4n) is 1.77. The summed E-state index contributed by atoms with van der Waals surface area (Å²) in [6.07, 6.45) is 1.19. The molecule has 18 heavy (non-hydrogen) atoms. The molecule has 3 nitrogen and oxygen atoms in total. The zero-order valence-electron chi connectivity index (χ0n) is 12.6. The standard InChI is InChI=1S/C14H27N3S/c1-10(2)7-8-17(6)13-16-12(14(3,4)5)11(9-15)18-13/h10H,7-9,15H2,1-6H3. The molecule has 1 aromatic rings. The molecule has 0 fully saturated rings. The van der Waals surface area contributed by atoms with Gasteiger partial charge in [-0.25, -0.2) is 4.98 Å². The van der Waals surface area contributed by atoms with Gasteiger partial charge in [-0.15, -0.1) is 11.3 Å². The SMILES string of the molecule is CC(C)CCN(C)c1nc(C(C)(C)C)c(CN)s1. The fraction of sp³-hybridized carbons (Fsp3) is 0.786. The third kappa shape index (κ3) is 3.95. The van der Waals surface area contributed by atoms with Crippen molar-refractivity contribution >= 4 is 16.5 Å². The zero-order chi connectivity index (χ0) is 13.9. The first-order valence-corrected chi connectivity index (χ1v) is 7.48. The summed E-state index contributed by atoms with van der Waals surface area (Å²) in [6.45, 7) is 12.7. The number of anilines is 1. The van der Waals surface area contributed by atoms with E-state index in [-0.39, 0.29) is 5.41 Å². The van der Waals surface area contributed by atoms with Gasteiger partial charge in [0, 0.05) is 30.4 Å². The van der Waals surface area contributed by atoms with Crippen molar-refractivity contribution < 1.29 is 0 Å². The Morgan fingerprint density at radius 3 is 2.33 bits per heavy atom. The summed E-state index contributed by atoms with van der Waals surface area (Å²) in [5.74, 6) is 0.725. The highest BCUT2D eigenvalue weighted by Gasteiger charge is 2.23. The number of nitrogens with zero attached hydrogens (tertiary/aromatic N) is 2. The van der Waals surface area contributed by atoms with Crippen molar-refractivity contribution in [2.75, 3.05) is 18.5 Å². The molecule has 1 heterocycles. The number of thiazole rings is 1. The highest BCUT2D eigenvalue weighted by atomic mass is 32.1. The van der Waals surface area contributed by atoms with Crippen LogP contribution in [-0.2, 0) is 12.0 Å². The normalized spacial score (nSPS) is 12.2. The highest BCUT2D eigenvalue weighted by Crippen LogP contribution is 2.33. The minimum absolute atomic E-state index is 0.0718. The molecular formula is C14H27N3S. The number of rotatable bonds is 5. The average molecular weight is 269 g/mol. The fourth-order valence-corrected chi connectivity index (χ4v) is 2.91. The van der Waals surface area contributed by atoms with Crippen molar-refractivity contribution in [3.05, 3.63) is 10.6 Å². The van der Waals surface area contributed by atoms with Crippen molar-refractivity contribution in [3.63, 3.8) is 0 Å². The van der Waals surface area contributed by atoms with E-state index in [0.717, 1.165) is 23.3 Å². The van der Waals surface area contributed by atoms with E-state index in [0.29, 0.717) is 6.54 Å². The Labute approximate surface area is 115 Å². The molecule has 0 atom stereocenters. The first-order valence-electron chi connectivity index (χ1n) is 6.67. The second kappa shape index (κ2) is 6.02. The molecule has 0 unspecified atom stereocenters. The van der Waals surface area contributed by atoms with Gasteiger partial charge in [0.2, 0.25) is 0 Å². The van der Waals surface area contributed by atoms with Gasteiger partial charge < -0.3 is 10.6 Å². The minimum Gasteiger partial charge on any atom is -0.351 e. The Morgan fingerprint density at radius 2 is 1.94 bits per heavy atom. The first-order chi connectivity index (χ1) is 8.25. The summed E-state index contributed by atoms with van der Waals surface area (Å²) in [5.41, 5.74) is 7.06. The van der Waals surface area contributed by atoms with E-state index in [1.165, 1.54) is 11.3 Å². The molecule has 0 saturated heterocycles. The van der Waals surface area contributed by atoms with Crippen molar-refractivity contribution in [1.82, 2.24) is 4.98 Å². The van der Waals surface area contributed by atoms with Crippen molar-refractivity contribution in [1.29, 1.82) is 0 Å². The van der Waals surface area contributed by atoms with Crippen LogP contribution in [0.1, 0.15) is 51.6 Å². The summed E-state index contributed by atoms with van der Waals surface area (Å²) in [6, 6.07) is 0. The Hall–Kier alpha value is -0.610. The molecule has 0 amide bonds. The van der Waals surface area contributed by atoms with E-state index >= 15 is 0 Å². The monoisotopic (exact) mass is 269 g/mol. The van der Waals surface area contributed by atoms with E-state index in [9.17, 15) is 0 Å². The molecule has 4 heteroatoms. The summed E-state index contributed by atoms with van der Waals surface area (Å²) in [4.78, 5) is 8.26. The van der Waals surface area contributed by atoms with E-state index in [1.54, 1.807) is 11.3 Å². The van der Waals surface area contributed by atoms with Gasteiger partial charge in [0.25, 0.3) is 0 Å². The van der Waals surface area contributed by atoms with Gasteiger partial charge in [-0.2, -0.15) is 0 Å². The van der Waals surface area contributed by atoms with Crippen LogP contribution in [0.15, 0.2) is 0 Å². The number of aromatic nitrogens is 1. The summed E-state index contributed by atoms with van der Waals surface area (Å²) in [7, 11) is 2.12. The molecule has 0 radical (unpaired) electrons. The largest absolute Gasteiger partial charge is 0.351 e. The van der Waals surface area contributed by atoms with Crippen LogP contribution in [0.3, 0.4) is 0 Å². The Balaban J connectivity index is 2.88. The third-order valence-electron chi connectivity index (χ3n) is 2.95. The van der Waals surface area contributed by atoms with Gasteiger partial charge in [0.1, 0.15) is 0 Å². The van der Waals surface area contributed by atoms with Gasteiger partial charge >= 0.3 is 0 Å². The maximum atomic E-state index is 5.83. The molecule has 0 aromatic carbocycles. The first kappa shape index (κ1) is 15.4. The molecule has 104 valence electrons. The third-order valence-corrected chi connectivity index (χ3v) is 4.14. The number of nitrogens with two attached hydrogens (primary N) is 1. The van der Waals surface area contributed by atoms with Crippen LogP contribution >= 0.6 is 11.3 Å². The molecular weight excluding hydrogens is 242 g/mol. The smallest absolute Gasteiger partial charge is 0.185 e. The lowest BCUT2D eigenvalue weighted by atomic mass is 9.91. The Kier molecular flexibility index (Phi) is 5.17. The molecule has 0 aliphatic carbocycles. The second-order valence-electron chi connectivity index (χ2n) is 6.33. The molecule has 2 N–H and O–H groups in total. The van der Waals surface area contributed by atoms with Crippen LogP contribution in [0.2, 0.25) is 0 Å². The van der Waals surface area contributed by atoms with E-state index in [4.69, 9.17) is 10.7 Å². The maximum absolute atomic E-state index is 5.83.